The van der Waals surface area contributed by atoms with Crippen LogP contribution in [0.1, 0.15) is 0 Å². The van der Waals surface area contributed by atoms with Gasteiger partial charge >= 0.3 is 6.03 Å². The Morgan fingerprint density at radius 1 is 1.23 bits per heavy atom. The minimum Gasteiger partial charge on any atom is -0.378 e. The van der Waals surface area contributed by atoms with Crippen LogP contribution in [0.3, 0.4) is 0 Å². The molecule has 11 nitrogen and oxygen atoms in total. The SMILES string of the molecule is O=C(Nc1cc(-c2nnc(Nc3ccc4[nH]ncc4c3Cl)s2)ncn1)N1CCOCC1. The van der Waals surface area contributed by atoms with Crippen molar-refractivity contribution < 1.29 is 9.53 Å². The summed E-state index contributed by atoms with van der Waals surface area (Å²) in [7, 11) is 0. The van der Waals surface area contributed by atoms with Gasteiger partial charge in [-0.3, -0.25) is 10.4 Å². The van der Waals surface area contributed by atoms with Crippen molar-refractivity contribution in [3.63, 3.8) is 0 Å². The number of hydrogen-bond donors (Lipinski definition) is 3. The summed E-state index contributed by atoms with van der Waals surface area (Å²) in [6, 6.07) is 5.16. The fourth-order valence-corrected chi connectivity index (χ4v) is 4.05. The van der Waals surface area contributed by atoms with Gasteiger partial charge in [0.1, 0.15) is 17.8 Å². The second-order valence-electron chi connectivity index (χ2n) is 6.61. The van der Waals surface area contributed by atoms with E-state index in [1.165, 1.54) is 17.7 Å². The highest BCUT2D eigenvalue weighted by molar-refractivity contribution is 7.18. The monoisotopic (exact) mass is 457 g/mol. The summed E-state index contributed by atoms with van der Waals surface area (Å²) in [5, 5.41) is 23.7. The maximum Gasteiger partial charge on any atom is 0.323 e. The molecule has 0 radical (unpaired) electrons. The van der Waals surface area contributed by atoms with Gasteiger partial charge in [-0.1, -0.05) is 22.9 Å². The minimum absolute atomic E-state index is 0.225. The zero-order valence-electron chi connectivity index (χ0n) is 16.0. The van der Waals surface area contributed by atoms with Crippen LogP contribution in [0.25, 0.3) is 21.6 Å². The molecule has 13 heteroatoms. The van der Waals surface area contributed by atoms with Gasteiger partial charge in [0.2, 0.25) is 5.13 Å². The minimum atomic E-state index is -0.225. The number of amides is 2. The topological polar surface area (TPSA) is 134 Å². The number of benzene rings is 1. The number of halogens is 1. The number of aromatic amines is 1. The second-order valence-corrected chi connectivity index (χ2v) is 7.97. The van der Waals surface area contributed by atoms with E-state index < -0.39 is 0 Å². The maximum absolute atomic E-state index is 12.4. The number of nitrogens with zero attached hydrogens (tertiary/aromatic N) is 6. The van der Waals surface area contributed by atoms with Crippen LogP contribution in [0, 0.1) is 0 Å². The number of H-pyrrole nitrogens is 1. The maximum atomic E-state index is 12.4. The Morgan fingerprint density at radius 2 is 2.10 bits per heavy atom. The van der Waals surface area contributed by atoms with E-state index in [0.29, 0.717) is 58.7 Å². The van der Waals surface area contributed by atoms with Crippen molar-refractivity contribution in [1.82, 2.24) is 35.3 Å². The fourth-order valence-electron chi connectivity index (χ4n) is 3.07. The van der Waals surface area contributed by atoms with E-state index in [1.54, 1.807) is 17.2 Å². The molecule has 0 bridgehead atoms. The highest BCUT2D eigenvalue weighted by Gasteiger charge is 2.18. The first-order valence-corrected chi connectivity index (χ1v) is 10.5. The molecule has 3 aromatic heterocycles. The molecular formula is C18H16ClN9O2S. The first-order chi connectivity index (χ1) is 15.2. The molecule has 1 aliphatic rings. The summed E-state index contributed by atoms with van der Waals surface area (Å²) in [6.07, 6.45) is 3.05. The van der Waals surface area contributed by atoms with Gasteiger partial charge in [-0.15, -0.1) is 10.2 Å². The van der Waals surface area contributed by atoms with Crippen molar-refractivity contribution in [3.8, 4) is 10.7 Å². The Balaban J connectivity index is 1.31. The summed E-state index contributed by atoms with van der Waals surface area (Å²) >= 11 is 7.76. The van der Waals surface area contributed by atoms with Crippen molar-refractivity contribution in [2.24, 2.45) is 0 Å². The highest BCUT2D eigenvalue weighted by atomic mass is 35.5. The number of hydrogen-bond acceptors (Lipinski definition) is 9. The molecule has 3 N–H and O–H groups in total. The summed E-state index contributed by atoms with van der Waals surface area (Å²) in [5.41, 5.74) is 2.09. The molecule has 2 amide bonds. The van der Waals surface area contributed by atoms with E-state index in [9.17, 15) is 4.79 Å². The predicted molar refractivity (Wildman–Crippen MR) is 117 cm³/mol. The van der Waals surface area contributed by atoms with Gasteiger partial charge in [0.15, 0.2) is 5.01 Å². The van der Waals surface area contributed by atoms with Crippen LogP contribution >= 0.6 is 22.9 Å². The van der Waals surface area contributed by atoms with Gasteiger partial charge in [-0.25, -0.2) is 14.8 Å². The molecule has 158 valence electrons. The molecule has 4 heterocycles. The molecule has 1 aromatic carbocycles. The lowest BCUT2D eigenvalue weighted by atomic mass is 10.2. The average molecular weight is 458 g/mol. The number of ether oxygens (including phenoxy) is 1. The molecule has 5 rings (SSSR count). The van der Waals surface area contributed by atoms with E-state index in [-0.39, 0.29) is 6.03 Å². The first-order valence-electron chi connectivity index (χ1n) is 9.35. The Bertz CT molecular complexity index is 1240. The number of carbonyl (C=O) groups excluding carboxylic acids is 1. The molecule has 1 fully saturated rings. The van der Waals surface area contributed by atoms with Crippen LogP contribution < -0.4 is 10.6 Å². The summed E-state index contributed by atoms with van der Waals surface area (Å²) < 4.78 is 5.27. The number of urea groups is 1. The van der Waals surface area contributed by atoms with Gasteiger partial charge in [-0.05, 0) is 12.1 Å². The van der Waals surface area contributed by atoms with Crippen LogP contribution in [-0.4, -0.2) is 67.6 Å². The third-order valence-corrected chi connectivity index (χ3v) is 5.91. The molecule has 31 heavy (non-hydrogen) atoms. The van der Waals surface area contributed by atoms with Crippen LogP contribution in [-0.2, 0) is 4.74 Å². The molecule has 0 unspecified atom stereocenters. The van der Waals surface area contributed by atoms with Crippen molar-refractivity contribution in [2.45, 2.75) is 0 Å². The molecule has 0 atom stereocenters. The van der Waals surface area contributed by atoms with Gasteiger partial charge in [0, 0.05) is 24.5 Å². The Labute approximate surface area is 184 Å². The van der Waals surface area contributed by atoms with Crippen molar-refractivity contribution in [1.29, 1.82) is 0 Å². The van der Waals surface area contributed by atoms with Crippen LogP contribution in [0.2, 0.25) is 5.02 Å². The quantitative estimate of drug-likeness (QED) is 0.425. The van der Waals surface area contributed by atoms with Gasteiger partial charge in [0.05, 0.1) is 35.6 Å². The lowest BCUT2D eigenvalue weighted by Crippen LogP contribution is -2.43. The number of morpholine rings is 1. The van der Waals surface area contributed by atoms with Crippen LogP contribution in [0.5, 0.6) is 0 Å². The Kier molecular flexibility index (Phi) is 5.32. The molecule has 0 aliphatic carbocycles. The third kappa shape index (κ3) is 4.13. The Hall–Kier alpha value is -3.35. The number of rotatable bonds is 4. The zero-order chi connectivity index (χ0) is 21.2. The van der Waals surface area contributed by atoms with E-state index in [4.69, 9.17) is 16.3 Å². The fraction of sp³-hybridized carbons (Fsp3) is 0.222. The van der Waals surface area contributed by atoms with E-state index in [2.05, 4.69) is 41.0 Å². The van der Waals surface area contributed by atoms with Gasteiger partial charge in [-0.2, -0.15) is 5.10 Å². The van der Waals surface area contributed by atoms with E-state index in [1.807, 2.05) is 12.1 Å². The number of aromatic nitrogens is 6. The van der Waals surface area contributed by atoms with Crippen molar-refractivity contribution in [2.75, 3.05) is 36.9 Å². The van der Waals surface area contributed by atoms with Crippen LogP contribution in [0.15, 0.2) is 30.7 Å². The van der Waals surface area contributed by atoms with E-state index in [0.717, 1.165) is 10.9 Å². The number of anilines is 3. The number of fused-ring (bicyclic) bond motifs is 1. The first kappa shape index (κ1) is 19.6. The molecule has 0 saturated carbocycles. The summed E-state index contributed by atoms with van der Waals surface area (Å²) in [6.45, 7) is 2.14. The lowest BCUT2D eigenvalue weighted by Gasteiger charge is -2.26. The average Bonchev–Trinajstić information content (AvgIpc) is 3.47. The number of nitrogens with one attached hydrogen (secondary N) is 3. The second kappa shape index (κ2) is 8.41. The third-order valence-electron chi connectivity index (χ3n) is 4.64. The Morgan fingerprint density at radius 3 is 2.97 bits per heavy atom. The van der Waals surface area contributed by atoms with Gasteiger partial charge in [0.25, 0.3) is 0 Å². The molecule has 4 aromatic rings. The largest absolute Gasteiger partial charge is 0.378 e. The van der Waals surface area contributed by atoms with Crippen molar-refractivity contribution >= 4 is 56.5 Å². The molecule has 1 aliphatic heterocycles. The molecule has 1 saturated heterocycles. The smallest absolute Gasteiger partial charge is 0.323 e. The molecular weight excluding hydrogens is 442 g/mol. The highest BCUT2D eigenvalue weighted by Crippen LogP contribution is 2.34. The summed E-state index contributed by atoms with van der Waals surface area (Å²) in [4.78, 5) is 22.4. The van der Waals surface area contributed by atoms with Crippen LogP contribution in [0.4, 0.5) is 21.4 Å². The summed E-state index contributed by atoms with van der Waals surface area (Å²) in [5.74, 6) is 0.389. The van der Waals surface area contributed by atoms with Gasteiger partial charge < -0.3 is 15.0 Å². The standard InChI is InChI=1S/C18H16ClN9O2S/c19-15-10-8-22-25-11(10)1-2-12(15)23-17-27-26-16(31-17)13-7-14(21-9-20-13)24-18(29)28-3-5-30-6-4-28/h1-2,7-9H,3-6H2,(H,22,25)(H,23,27)(H,20,21,24,29). The predicted octanol–water partition coefficient (Wildman–Crippen LogP) is 3.13. The van der Waals surface area contributed by atoms with Crippen molar-refractivity contribution in [3.05, 3.63) is 35.7 Å². The molecule has 0 spiro atoms. The van der Waals surface area contributed by atoms with E-state index >= 15 is 0 Å². The number of carbonyl (C=O) groups is 1. The normalized spacial score (nSPS) is 14.0. The lowest BCUT2D eigenvalue weighted by molar-refractivity contribution is 0.0564. The zero-order valence-corrected chi connectivity index (χ0v) is 17.6.